The molecule has 0 aliphatic heterocycles. The van der Waals surface area contributed by atoms with Gasteiger partial charge in [0.25, 0.3) is 0 Å². The summed E-state index contributed by atoms with van der Waals surface area (Å²) in [6.07, 6.45) is 2.55. The van der Waals surface area contributed by atoms with Crippen LogP contribution in [0.1, 0.15) is 40.0 Å². The molecule has 0 spiro atoms. The van der Waals surface area contributed by atoms with E-state index in [9.17, 15) is 4.79 Å². The Morgan fingerprint density at radius 2 is 2.08 bits per heavy atom. The number of Topliss-reactive ketones (excluding diaryl/α,β-unsaturated/α-hetero) is 1. The van der Waals surface area contributed by atoms with E-state index in [4.69, 9.17) is 5.26 Å². The van der Waals surface area contributed by atoms with Crippen molar-refractivity contribution in [2.75, 3.05) is 0 Å². The number of nitriles is 1. The van der Waals surface area contributed by atoms with Crippen molar-refractivity contribution in [1.82, 2.24) is 0 Å². The molecule has 68 valence electrons. The Kier molecular flexibility index (Phi) is 5.36. The fraction of sp³-hybridized carbons (Fsp3) is 0.800. The number of hydrogen-bond donors (Lipinski definition) is 0. The Bertz CT molecular complexity index is 181. The molecule has 0 aromatic carbocycles. The van der Waals surface area contributed by atoms with Crippen molar-refractivity contribution >= 4 is 5.78 Å². The predicted molar refractivity (Wildman–Crippen MR) is 48.5 cm³/mol. The predicted octanol–water partition coefficient (Wildman–Crippen LogP) is 2.54. The van der Waals surface area contributed by atoms with Crippen molar-refractivity contribution in [3.8, 4) is 6.07 Å². The molecular weight excluding hydrogens is 150 g/mol. The van der Waals surface area contributed by atoms with Crippen molar-refractivity contribution in [1.29, 1.82) is 5.26 Å². The van der Waals surface area contributed by atoms with Gasteiger partial charge in [-0.1, -0.05) is 27.2 Å². The van der Waals surface area contributed by atoms with E-state index in [1.165, 1.54) is 0 Å². The third kappa shape index (κ3) is 3.04. The molecule has 2 unspecified atom stereocenters. The van der Waals surface area contributed by atoms with Crippen LogP contribution in [0.5, 0.6) is 0 Å². The lowest BCUT2D eigenvalue weighted by Crippen LogP contribution is -2.19. The Balaban J connectivity index is 4.09. The molecule has 2 heteroatoms. The minimum absolute atomic E-state index is 0.0552. The number of carbonyl (C=O) groups excluding carboxylic acids is 1. The lowest BCUT2D eigenvalue weighted by molar-refractivity contribution is -0.124. The summed E-state index contributed by atoms with van der Waals surface area (Å²) in [7, 11) is 0. The summed E-state index contributed by atoms with van der Waals surface area (Å²) >= 11 is 0. The van der Waals surface area contributed by atoms with Gasteiger partial charge in [0.15, 0.2) is 5.78 Å². The summed E-state index contributed by atoms with van der Waals surface area (Å²) in [5.41, 5.74) is 0. The second kappa shape index (κ2) is 5.77. The molecule has 0 radical (unpaired) electrons. The molecule has 0 aromatic rings. The zero-order valence-corrected chi connectivity index (χ0v) is 8.13. The highest BCUT2D eigenvalue weighted by Gasteiger charge is 2.20. The third-order valence-corrected chi connectivity index (χ3v) is 2.11. The quantitative estimate of drug-likeness (QED) is 0.631. The molecule has 0 saturated carbocycles. The third-order valence-electron chi connectivity index (χ3n) is 2.11. The first-order valence-electron chi connectivity index (χ1n) is 4.60. The van der Waals surface area contributed by atoms with Crippen molar-refractivity contribution in [2.45, 2.75) is 40.0 Å². The summed E-state index contributed by atoms with van der Waals surface area (Å²) in [5.74, 6) is -0.215. The highest BCUT2D eigenvalue weighted by Crippen LogP contribution is 2.14. The van der Waals surface area contributed by atoms with Crippen LogP contribution in [0.15, 0.2) is 0 Å². The van der Waals surface area contributed by atoms with Crippen LogP contribution < -0.4 is 0 Å². The molecule has 0 aliphatic carbocycles. The van der Waals surface area contributed by atoms with Crippen molar-refractivity contribution < 1.29 is 4.79 Å². The van der Waals surface area contributed by atoms with Gasteiger partial charge in [-0.05, 0) is 12.8 Å². The van der Waals surface area contributed by atoms with Gasteiger partial charge in [0.1, 0.15) is 5.92 Å². The van der Waals surface area contributed by atoms with E-state index in [1.54, 1.807) is 0 Å². The van der Waals surface area contributed by atoms with Gasteiger partial charge in [0.2, 0.25) is 0 Å². The first kappa shape index (κ1) is 11.2. The fourth-order valence-corrected chi connectivity index (χ4v) is 1.27. The second-order valence-electron chi connectivity index (χ2n) is 3.18. The fourth-order valence-electron chi connectivity index (χ4n) is 1.27. The molecule has 0 heterocycles. The molecule has 0 bridgehead atoms. The molecule has 0 rings (SSSR count). The Morgan fingerprint density at radius 1 is 1.50 bits per heavy atom. The Hall–Kier alpha value is -0.840. The molecule has 0 N–H and O–H groups in total. The average Bonchev–Trinajstić information content (AvgIpc) is 2.07. The van der Waals surface area contributed by atoms with E-state index in [-0.39, 0.29) is 17.6 Å². The van der Waals surface area contributed by atoms with Gasteiger partial charge in [-0.3, -0.25) is 4.79 Å². The number of hydrogen-bond acceptors (Lipinski definition) is 2. The van der Waals surface area contributed by atoms with Gasteiger partial charge in [-0.25, -0.2) is 0 Å². The SMILES string of the molecule is CCCC(C)C(=O)C(C#N)CC. The maximum atomic E-state index is 11.5. The number of rotatable bonds is 5. The lowest BCUT2D eigenvalue weighted by atomic mass is 9.90. The number of nitrogens with zero attached hydrogens (tertiary/aromatic N) is 1. The number of ketones is 1. The van der Waals surface area contributed by atoms with E-state index in [0.29, 0.717) is 6.42 Å². The summed E-state index contributed by atoms with van der Waals surface area (Å²) in [5, 5.41) is 8.64. The first-order valence-corrected chi connectivity index (χ1v) is 4.60. The molecular formula is C10H17NO. The van der Waals surface area contributed by atoms with E-state index in [2.05, 4.69) is 6.92 Å². The van der Waals surface area contributed by atoms with E-state index in [1.807, 2.05) is 19.9 Å². The van der Waals surface area contributed by atoms with Crippen LogP contribution in [-0.4, -0.2) is 5.78 Å². The van der Waals surface area contributed by atoms with Crippen LogP contribution in [-0.2, 0) is 4.79 Å². The van der Waals surface area contributed by atoms with Crippen molar-refractivity contribution in [3.63, 3.8) is 0 Å². The van der Waals surface area contributed by atoms with E-state index in [0.717, 1.165) is 12.8 Å². The van der Waals surface area contributed by atoms with Crippen molar-refractivity contribution in [2.24, 2.45) is 11.8 Å². The highest BCUT2D eigenvalue weighted by atomic mass is 16.1. The Morgan fingerprint density at radius 3 is 2.42 bits per heavy atom. The summed E-state index contributed by atoms with van der Waals surface area (Å²) < 4.78 is 0. The minimum atomic E-state index is -0.383. The molecule has 0 aliphatic rings. The standard InChI is InChI=1S/C10H17NO/c1-4-6-8(3)10(12)9(5-2)7-11/h8-9H,4-6H2,1-3H3. The monoisotopic (exact) mass is 167 g/mol. The zero-order valence-electron chi connectivity index (χ0n) is 8.13. The molecule has 2 nitrogen and oxygen atoms in total. The number of carbonyl (C=O) groups is 1. The molecule has 0 aromatic heterocycles. The van der Waals surface area contributed by atoms with Gasteiger partial charge in [0.05, 0.1) is 6.07 Å². The smallest absolute Gasteiger partial charge is 0.152 e. The molecule has 0 fully saturated rings. The first-order chi connectivity index (χ1) is 5.67. The topological polar surface area (TPSA) is 40.9 Å². The van der Waals surface area contributed by atoms with Gasteiger partial charge < -0.3 is 0 Å². The van der Waals surface area contributed by atoms with Crippen LogP contribution in [0.25, 0.3) is 0 Å². The summed E-state index contributed by atoms with van der Waals surface area (Å²) in [6.45, 7) is 5.84. The van der Waals surface area contributed by atoms with Gasteiger partial charge >= 0.3 is 0 Å². The highest BCUT2D eigenvalue weighted by molar-refractivity contribution is 5.85. The maximum Gasteiger partial charge on any atom is 0.152 e. The van der Waals surface area contributed by atoms with Crippen molar-refractivity contribution in [3.05, 3.63) is 0 Å². The molecule has 0 saturated heterocycles. The summed E-state index contributed by atoms with van der Waals surface area (Å²) in [4.78, 5) is 11.5. The minimum Gasteiger partial charge on any atom is -0.298 e. The van der Waals surface area contributed by atoms with E-state index >= 15 is 0 Å². The normalized spacial score (nSPS) is 14.8. The molecule has 12 heavy (non-hydrogen) atoms. The second-order valence-corrected chi connectivity index (χ2v) is 3.18. The summed E-state index contributed by atoms with van der Waals surface area (Å²) in [6, 6.07) is 2.04. The van der Waals surface area contributed by atoms with Crippen LogP contribution in [0.4, 0.5) is 0 Å². The molecule has 0 amide bonds. The largest absolute Gasteiger partial charge is 0.298 e. The maximum absolute atomic E-state index is 11.5. The molecule has 2 atom stereocenters. The van der Waals surface area contributed by atoms with Crippen LogP contribution >= 0.6 is 0 Å². The van der Waals surface area contributed by atoms with Gasteiger partial charge in [-0.15, -0.1) is 0 Å². The van der Waals surface area contributed by atoms with Crippen LogP contribution in [0, 0.1) is 23.2 Å². The van der Waals surface area contributed by atoms with Gasteiger partial charge in [-0.2, -0.15) is 5.26 Å². The lowest BCUT2D eigenvalue weighted by Gasteiger charge is -2.11. The Labute approximate surface area is 74.6 Å². The van der Waals surface area contributed by atoms with Crippen LogP contribution in [0.2, 0.25) is 0 Å². The average molecular weight is 167 g/mol. The zero-order chi connectivity index (χ0) is 9.56. The van der Waals surface area contributed by atoms with Crippen LogP contribution in [0.3, 0.4) is 0 Å². The van der Waals surface area contributed by atoms with E-state index < -0.39 is 0 Å². The van der Waals surface area contributed by atoms with Gasteiger partial charge in [0, 0.05) is 5.92 Å².